The summed E-state index contributed by atoms with van der Waals surface area (Å²) < 4.78 is 130. The Labute approximate surface area is 931 Å². The summed E-state index contributed by atoms with van der Waals surface area (Å²) in [5.41, 5.74) is 0.870. The van der Waals surface area contributed by atoms with E-state index in [0.29, 0.717) is 28.8 Å². The number of ether oxygens (including phenoxy) is 6. The van der Waals surface area contributed by atoms with Crippen LogP contribution in [0.2, 0.25) is 0 Å². The van der Waals surface area contributed by atoms with E-state index in [9.17, 15) is 55.1 Å². The van der Waals surface area contributed by atoms with Gasteiger partial charge >= 0.3 is 34.1 Å². The molecule has 0 amide bonds. The Morgan fingerprint density at radius 3 is 0.935 bits per heavy atom. The zero-order valence-corrected chi connectivity index (χ0v) is 90.8. The summed E-state index contributed by atoms with van der Waals surface area (Å²) in [7, 11) is 8.77. The second kappa shape index (κ2) is 55.9. The molecule has 0 spiro atoms. The van der Waals surface area contributed by atoms with Gasteiger partial charge in [-0.3, -0.25) is 4.98 Å². The Balaban J connectivity index is 0.000000225. The molecule has 10 heterocycles. The number of benzene rings is 8. The van der Waals surface area contributed by atoms with Crippen LogP contribution in [-0.2, 0) is 278 Å². The van der Waals surface area contributed by atoms with Crippen molar-refractivity contribution < 1.29 is 251 Å². The third kappa shape index (κ3) is 30.2. The summed E-state index contributed by atoms with van der Waals surface area (Å²) in [5, 5.41) is 44.0. The molecule has 0 saturated heterocycles. The maximum absolute atomic E-state index is 14.2. The van der Waals surface area contributed by atoms with Crippen molar-refractivity contribution in [3.63, 3.8) is 0 Å². The van der Waals surface area contributed by atoms with Crippen LogP contribution in [0.15, 0.2) is 230 Å². The average Bonchev–Trinajstić information content (AvgIpc) is 1.78. The van der Waals surface area contributed by atoms with E-state index in [4.69, 9.17) is 28.4 Å². The van der Waals surface area contributed by atoms with Gasteiger partial charge in [-0.05, 0) is 142 Å². The summed E-state index contributed by atoms with van der Waals surface area (Å²) in [6.45, 7) is 1.27. The van der Waals surface area contributed by atoms with Crippen molar-refractivity contribution in [2.24, 2.45) is 42.3 Å². The normalized spacial score (nSPS) is 10.2. The number of nitrogens with zero attached hydrogens (tertiary/aromatic N) is 32. The maximum Gasteiger partial charge on any atom is 0.368 e. The fourth-order valence-corrected chi connectivity index (χ4v) is 11.4. The Bertz CT molecular complexity index is 6550. The van der Waals surface area contributed by atoms with Crippen LogP contribution in [-0.4, -0.2) is 159 Å². The van der Waals surface area contributed by atoms with E-state index in [1.165, 1.54) is 152 Å². The Morgan fingerprint density at radius 2 is 0.647 bits per heavy atom. The van der Waals surface area contributed by atoms with Crippen LogP contribution < -0.4 is 62.6 Å². The van der Waals surface area contributed by atoms with E-state index < -0.39 is 69.0 Å². The molecule has 0 N–H and O–H groups in total. The first-order valence-electron chi connectivity index (χ1n) is 38.5. The molecule has 0 aliphatic carbocycles. The molecule has 10 aromatic heterocycles. The minimum Gasteiger partial charge on any atom is -0.556 e. The van der Waals surface area contributed by atoms with Gasteiger partial charge in [0, 0.05) is 309 Å². The average molecular weight is 2350 g/mol. The topological polar surface area (TPSA) is 475 Å². The zero-order chi connectivity index (χ0) is 94.0. The number of halogens is 6. The van der Waals surface area contributed by atoms with Gasteiger partial charge in [-0.1, -0.05) is 61.8 Å². The molecule has 0 bridgehead atoms. The number of pyridine rings is 1. The van der Waals surface area contributed by atoms with E-state index in [1.54, 1.807) is 84.9 Å². The number of rotatable bonds is 24. The number of hydrogen-bond acceptors (Lipinski definition) is 32. The summed E-state index contributed by atoms with van der Waals surface area (Å²) in [6.07, 6.45) is 15.2. The molecule has 8 aromatic carbocycles. The molecule has 696 valence electrons. The second-order valence-corrected chi connectivity index (χ2v) is 26.8. The standard InChI is InChI=1S/C16H14FN4O2.C15H12FN4O2.C14H11FN5O2.2C13H10FN6O2.C12H9FN7O2.6Y/c1-11-6-8-12(9-7-11)23-10-13-14(17)4-3-5-15(13)21-16(22)20(2)18-19-21;1-19-15(21)20(18-17-19)14-9-5-8-13(16)12(14)10-22-11-6-3-2-4-7-11;1-19-14(21)20(18-17-19)12-6-4-5-11(15)10(12)9-22-13-7-2-3-8-16-13;1-19-13(21)20(18-17-19)11-4-2-3-10(14)9(11)8-22-12-7-15-5-6-16-12;1-19-13(21)20(18-17-19)11-4-2-3-10(14)9(11)7-22-12-5-6-15-8-16-12;1-19-12(21)20(18-17-19)10-4-2-3-9(13)8(10)5-22-11-15-6-14-7-16-11;;;;;;/h3-6,8-9H,10H2,1-2H3;2-3,5-9H,10H2,1H3;2-7H,9H2,1H3;2-5,7H,8H2,1H3;2-6H,7H2,1H3;2-4,6H,5H2,1H3;;;;;;/q6*-1;;;;;;. The predicted molar refractivity (Wildman–Crippen MR) is 444 cm³/mol. The third-order valence-corrected chi connectivity index (χ3v) is 18.1. The molecule has 0 aliphatic rings. The molecule has 56 heteroatoms. The van der Waals surface area contributed by atoms with Gasteiger partial charge in [0.15, 0.2) is 6.01 Å². The van der Waals surface area contributed by atoms with Crippen LogP contribution in [0, 0.1) is 79.0 Å². The first kappa shape index (κ1) is 114. The van der Waals surface area contributed by atoms with Crippen molar-refractivity contribution in [3.8, 4) is 69.3 Å². The molecular weight excluding hydrogens is 2280 g/mol. The number of aromatic nitrogens is 32. The van der Waals surface area contributed by atoms with Gasteiger partial charge in [-0.15, -0.1) is 36.5 Å². The van der Waals surface area contributed by atoms with Crippen LogP contribution in [0.5, 0.6) is 35.1 Å². The maximum atomic E-state index is 14.2. The number of hydrogen-bond donors (Lipinski definition) is 0. The molecular formula is C83H66F6N32O12Y6-6. The molecule has 18 rings (SSSR count). The largest absolute Gasteiger partial charge is 0.556 e. The van der Waals surface area contributed by atoms with Crippen molar-refractivity contribution in [1.29, 1.82) is 0 Å². The molecule has 6 radical (unpaired) electrons. The molecule has 0 saturated carbocycles. The minimum absolute atomic E-state index is 0. The van der Waals surface area contributed by atoms with E-state index in [2.05, 4.69) is 140 Å². The molecule has 18 aromatic rings. The van der Waals surface area contributed by atoms with Crippen molar-refractivity contribution in [2.45, 2.75) is 46.6 Å². The van der Waals surface area contributed by atoms with Gasteiger partial charge in [0.2, 0.25) is 0 Å². The van der Waals surface area contributed by atoms with Crippen molar-refractivity contribution >= 4 is 0 Å². The first-order valence-corrected chi connectivity index (χ1v) is 38.5. The van der Waals surface area contributed by atoms with Gasteiger partial charge in [0.25, 0.3) is 0 Å². The van der Waals surface area contributed by atoms with Gasteiger partial charge in [-0.2, -0.15) is 104 Å². The Morgan fingerprint density at radius 1 is 0.317 bits per heavy atom. The van der Waals surface area contributed by atoms with E-state index in [0.717, 1.165) is 61.7 Å². The monoisotopic (exact) mass is 2350 g/mol. The van der Waals surface area contributed by atoms with Crippen LogP contribution in [0.25, 0.3) is 34.1 Å². The van der Waals surface area contributed by atoms with Crippen LogP contribution in [0.4, 0.5) is 26.3 Å². The molecule has 0 atom stereocenters. The fraction of sp³-hybridized carbons (Fsp3) is 0.157. The fourth-order valence-electron chi connectivity index (χ4n) is 11.4. The Kier molecular flexibility index (Phi) is 46.0. The smallest absolute Gasteiger partial charge is 0.368 e. The van der Waals surface area contributed by atoms with Crippen LogP contribution in [0.1, 0.15) is 38.9 Å². The zero-order valence-electron chi connectivity index (χ0n) is 73.7. The quantitative estimate of drug-likeness (QED) is 0.0599. The van der Waals surface area contributed by atoms with Crippen molar-refractivity contribution in [2.75, 3.05) is 0 Å². The summed E-state index contributed by atoms with van der Waals surface area (Å²) in [5.74, 6) is -1.17. The molecule has 0 fully saturated rings. The molecule has 139 heavy (non-hydrogen) atoms. The summed E-state index contributed by atoms with van der Waals surface area (Å²) in [6, 6.07) is 50.6. The van der Waals surface area contributed by atoms with Crippen molar-refractivity contribution in [3.05, 3.63) is 375 Å². The van der Waals surface area contributed by atoms with Gasteiger partial charge < -0.3 is 63.3 Å². The predicted octanol–water partition coefficient (Wildman–Crippen LogP) is 4.36. The van der Waals surface area contributed by atoms with E-state index in [1.807, 2.05) is 13.0 Å². The SMILES string of the molecule is Cc1[c-]cc(OCc2c(F)cccc2-n2nnn(C)c2=O)cc1.Cn1nnn(-c2cccc(F)c2COc2c[c-]ccc2)c1=O.Cn1nnn(-c2cccc(F)c2COc2ccc[c-]n2)c1=O.Cn1nnn(-c2cccc(F)c2COc2ccn[c-]n2)c1=O.Cn1nnn(-c2cccc(F)c2COc2cnc[c-]n2)c1=O.Cn1nnn(-c2cccc(F)c2COc2n[c-]ncn2)c1=O.[Y].[Y].[Y].[Y].[Y].[Y]. The molecule has 0 unspecified atom stereocenters. The number of tetrazole rings is 6. The molecule has 44 nitrogen and oxygen atoms in total. The molecule has 0 aliphatic heterocycles. The van der Waals surface area contributed by atoms with E-state index in [-0.39, 0.29) is 310 Å². The number of aryl methyl sites for hydroxylation is 7. The van der Waals surface area contributed by atoms with E-state index >= 15 is 0 Å². The van der Waals surface area contributed by atoms with Gasteiger partial charge in [0.1, 0.15) is 73.8 Å². The minimum atomic E-state index is -0.548. The first-order chi connectivity index (χ1) is 64.4. The second-order valence-electron chi connectivity index (χ2n) is 26.8. The van der Waals surface area contributed by atoms with Gasteiger partial charge in [-0.25, -0.2) is 55.1 Å². The van der Waals surface area contributed by atoms with Gasteiger partial charge in [0.05, 0.1) is 52.5 Å². The van der Waals surface area contributed by atoms with Crippen LogP contribution >= 0.6 is 0 Å². The van der Waals surface area contributed by atoms with Crippen molar-refractivity contribution in [1.82, 2.24) is 159 Å². The Hall–Kier alpha value is -11.7. The summed E-state index contributed by atoms with van der Waals surface area (Å²) >= 11 is 0. The summed E-state index contributed by atoms with van der Waals surface area (Å²) in [4.78, 5) is 101. The van der Waals surface area contributed by atoms with Crippen LogP contribution in [0.3, 0.4) is 0 Å². The third-order valence-electron chi connectivity index (χ3n) is 18.1.